The SMILES string of the molecule is C=CCn1c(=NC(=O)c2cccc(SC(C)C)c2)sc2cc(Cl)ccc21. The predicted molar refractivity (Wildman–Crippen MR) is 112 cm³/mol. The lowest BCUT2D eigenvalue weighted by Gasteiger charge is -2.05. The number of amides is 1. The molecular weight excluding hydrogens is 384 g/mol. The molecule has 0 saturated carbocycles. The minimum absolute atomic E-state index is 0.244. The van der Waals surface area contributed by atoms with E-state index < -0.39 is 0 Å². The van der Waals surface area contributed by atoms with Crippen molar-refractivity contribution in [3.63, 3.8) is 0 Å². The maximum absolute atomic E-state index is 12.7. The number of aromatic nitrogens is 1. The molecule has 0 aliphatic heterocycles. The maximum Gasteiger partial charge on any atom is 0.279 e. The van der Waals surface area contributed by atoms with Crippen molar-refractivity contribution in [2.75, 3.05) is 0 Å². The Bertz CT molecular complexity index is 1030. The maximum atomic E-state index is 12.7. The van der Waals surface area contributed by atoms with E-state index in [1.165, 1.54) is 11.3 Å². The Kier molecular flexibility index (Phi) is 6.01. The van der Waals surface area contributed by atoms with E-state index in [0.717, 1.165) is 15.1 Å². The van der Waals surface area contributed by atoms with Gasteiger partial charge < -0.3 is 4.57 Å². The van der Waals surface area contributed by atoms with Crippen molar-refractivity contribution in [2.45, 2.75) is 30.5 Å². The van der Waals surface area contributed by atoms with Gasteiger partial charge in [-0.3, -0.25) is 4.79 Å². The zero-order valence-electron chi connectivity index (χ0n) is 14.6. The summed E-state index contributed by atoms with van der Waals surface area (Å²) in [7, 11) is 0. The molecule has 0 unspecified atom stereocenters. The number of carbonyl (C=O) groups excluding carboxylic acids is 1. The average Bonchev–Trinajstić information content (AvgIpc) is 2.91. The molecule has 3 rings (SSSR count). The number of fused-ring (bicyclic) bond motifs is 1. The molecule has 0 N–H and O–H groups in total. The van der Waals surface area contributed by atoms with Gasteiger partial charge >= 0.3 is 0 Å². The summed E-state index contributed by atoms with van der Waals surface area (Å²) in [4.78, 5) is 18.8. The lowest BCUT2D eigenvalue weighted by atomic mass is 10.2. The van der Waals surface area contributed by atoms with E-state index in [4.69, 9.17) is 11.6 Å². The first-order valence-electron chi connectivity index (χ1n) is 8.23. The van der Waals surface area contributed by atoms with Crippen LogP contribution >= 0.6 is 34.7 Å². The number of rotatable bonds is 5. The molecule has 6 heteroatoms. The summed E-state index contributed by atoms with van der Waals surface area (Å²) in [5, 5.41) is 1.13. The van der Waals surface area contributed by atoms with Gasteiger partial charge in [-0.15, -0.1) is 18.3 Å². The van der Waals surface area contributed by atoms with Crippen LogP contribution in [-0.4, -0.2) is 15.7 Å². The lowest BCUT2D eigenvalue weighted by molar-refractivity contribution is 0.0997. The number of thiazole rings is 1. The molecule has 0 spiro atoms. The summed E-state index contributed by atoms with van der Waals surface area (Å²) in [6, 6.07) is 13.3. The Morgan fingerprint density at radius 2 is 2.15 bits per heavy atom. The standard InChI is InChI=1S/C20H19ClN2OS2/c1-4-10-23-17-9-8-15(21)12-18(17)26-20(23)22-19(24)14-6-5-7-16(11-14)25-13(2)3/h4-9,11-13H,1,10H2,2-3H3. The minimum Gasteiger partial charge on any atom is -0.312 e. The molecule has 0 bridgehead atoms. The molecular formula is C20H19ClN2OS2. The molecule has 1 heterocycles. The Hall–Kier alpha value is -1.82. The summed E-state index contributed by atoms with van der Waals surface area (Å²) in [6.07, 6.45) is 1.80. The zero-order chi connectivity index (χ0) is 18.7. The fraction of sp³-hybridized carbons (Fsp3) is 0.200. The van der Waals surface area contributed by atoms with Crippen LogP contribution < -0.4 is 4.80 Å². The van der Waals surface area contributed by atoms with E-state index in [0.29, 0.717) is 27.2 Å². The van der Waals surface area contributed by atoms with Crippen molar-refractivity contribution in [3.8, 4) is 0 Å². The largest absolute Gasteiger partial charge is 0.312 e. The third-order valence-electron chi connectivity index (χ3n) is 3.61. The number of carbonyl (C=O) groups is 1. The third kappa shape index (κ3) is 4.29. The van der Waals surface area contributed by atoms with E-state index in [-0.39, 0.29) is 5.91 Å². The van der Waals surface area contributed by atoms with Gasteiger partial charge in [-0.1, -0.05) is 48.9 Å². The van der Waals surface area contributed by atoms with Crippen LogP contribution in [0.15, 0.2) is 65.0 Å². The topological polar surface area (TPSA) is 34.4 Å². The van der Waals surface area contributed by atoms with Crippen LogP contribution in [0.3, 0.4) is 0 Å². The zero-order valence-corrected chi connectivity index (χ0v) is 17.0. The van der Waals surface area contributed by atoms with Gasteiger partial charge in [0.2, 0.25) is 0 Å². The first-order valence-corrected chi connectivity index (χ1v) is 10.3. The van der Waals surface area contributed by atoms with E-state index in [9.17, 15) is 4.79 Å². The summed E-state index contributed by atoms with van der Waals surface area (Å²) >= 11 is 9.28. The summed E-state index contributed by atoms with van der Waals surface area (Å²) in [6.45, 7) is 8.64. The third-order valence-corrected chi connectivity index (χ3v) is 5.88. The second-order valence-corrected chi connectivity index (χ2v) is 9.10. The van der Waals surface area contributed by atoms with Crippen LogP contribution in [0.2, 0.25) is 5.02 Å². The molecule has 1 amide bonds. The molecule has 2 aromatic carbocycles. The highest BCUT2D eigenvalue weighted by Crippen LogP contribution is 2.24. The first kappa shape index (κ1) is 19.0. The van der Waals surface area contributed by atoms with E-state index in [1.54, 1.807) is 23.9 Å². The predicted octanol–water partition coefficient (Wildman–Crippen LogP) is 5.78. The number of nitrogens with zero attached hydrogens (tertiary/aromatic N) is 2. The van der Waals surface area contributed by atoms with Crippen molar-refractivity contribution >= 4 is 50.8 Å². The second kappa shape index (κ2) is 8.25. The highest BCUT2D eigenvalue weighted by Gasteiger charge is 2.10. The van der Waals surface area contributed by atoms with Crippen LogP contribution in [0.1, 0.15) is 24.2 Å². The van der Waals surface area contributed by atoms with Crippen molar-refractivity contribution < 1.29 is 4.79 Å². The highest BCUT2D eigenvalue weighted by atomic mass is 35.5. The molecule has 26 heavy (non-hydrogen) atoms. The van der Waals surface area contributed by atoms with Crippen molar-refractivity contribution in [1.29, 1.82) is 0 Å². The van der Waals surface area contributed by atoms with Crippen LogP contribution in [-0.2, 0) is 6.54 Å². The number of hydrogen-bond donors (Lipinski definition) is 0. The molecule has 3 aromatic rings. The normalized spacial score (nSPS) is 12.1. The van der Waals surface area contributed by atoms with Gasteiger partial charge in [-0.05, 0) is 36.4 Å². The minimum atomic E-state index is -0.244. The highest BCUT2D eigenvalue weighted by molar-refractivity contribution is 7.99. The summed E-state index contributed by atoms with van der Waals surface area (Å²) in [5.41, 5.74) is 1.59. The van der Waals surface area contributed by atoms with Gasteiger partial charge in [0.1, 0.15) is 0 Å². The second-order valence-electron chi connectivity index (χ2n) is 6.01. The van der Waals surface area contributed by atoms with E-state index >= 15 is 0 Å². The fourth-order valence-electron chi connectivity index (χ4n) is 2.56. The van der Waals surface area contributed by atoms with Gasteiger partial charge in [-0.2, -0.15) is 4.99 Å². The van der Waals surface area contributed by atoms with Gasteiger partial charge in [0, 0.05) is 27.3 Å². The molecule has 134 valence electrons. The van der Waals surface area contributed by atoms with Gasteiger partial charge in [-0.25, -0.2) is 0 Å². The monoisotopic (exact) mass is 402 g/mol. The van der Waals surface area contributed by atoms with Crippen LogP contribution in [0.4, 0.5) is 0 Å². The summed E-state index contributed by atoms with van der Waals surface area (Å²) < 4.78 is 2.98. The Morgan fingerprint density at radius 3 is 2.88 bits per heavy atom. The van der Waals surface area contributed by atoms with Crippen molar-refractivity contribution in [1.82, 2.24) is 4.57 Å². The number of allylic oxidation sites excluding steroid dienone is 1. The molecule has 3 nitrogen and oxygen atoms in total. The van der Waals surface area contributed by atoms with Gasteiger partial charge in [0.05, 0.1) is 10.2 Å². The quantitative estimate of drug-likeness (QED) is 0.400. The number of halogens is 1. The fourth-order valence-corrected chi connectivity index (χ4v) is 4.77. The molecule has 0 saturated heterocycles. The number of thioether (sulfide) groups is 1. The molecule has 0 radical (unpaired) electrons. The molecule has 1 aromatic heterocycles. The van der Waals surface area contributed by atoms with Gasteiger partial charge in [0.15, 0.2) is 4.80 Å². The molecule has 0 aliphatic carbocycles. The Labute approximate surface area is 166 Å². The smallest absolute Gasteiger partial charge is 0.279 e. The van der Waals surface area contributed by atoms with Crippen LogP contribution in [0, 0.1) is 0 Å². The van der Waals surface area contributed by atoms with Crippen molar-refractivity contribution in [2.24, 2.45) is 4.99 Å². The molecule has 0 aliphatic rings. The molecule has 0 atom stereocenters. The number of benzene rings is 2. The Morgan fingerprint density at radius 1 is 1.35 bits per heavy atom. The first-order chi connectivity index (χ1) is 12.5. The van der Waals surface area contributed by atoms with Crippen molar-refractivity contribution in [3.05, 3.63) is 70.5 Å². The molecule has 0 fully saturated rings. The van der Waals surface area contributed by atoms with E-state index in [1.807, 2.05) is 41.0 Å². The summed E-state index contributed by atoms with van der Waals surface area (Å²) in [5.74, 6) is -0.244. The average molecular weight is 403 g/mol. The van der Waals surface area contributed by atoms with Gasteiger partial charge in [0.25, 0.3) is 5.91 Å². The number of hydrogen-bond acceptors (Lipinski definition) is 3. The van der Waals surface area contributed by atoms with E-state index in [2.05, 4.69) is 25.4 Å². The lowest BCUT2D eigenvalue weighted by Crippen LogP contribution is -2.16. The van der Waals surface area contributed by atoms with Crippen LogP contribution in [0.25, 0.3) is 10.2 Å². The Balaban J connectivity index is 2.05. The van der Waals surface area contributed by atoms with Crippen LogP contribution in [0.5, 0.6) is 0 Å².